The van der Waals surface area contributed by atoms with Crippen LogP contribution < -0.4 is 5.32 Å². The van der Waals surface area contributed by atoms with Gasteiger partial charge in [-0.2, -0.15) is 4.80 Å². The molecule has 0 saturated carbocycles. The van der Waals surface area contributed by atoms with Gasteiger partial charge in [0.15, 0.2) is 5.82 Å². The number of nitrogens with zero attached hydrogens (tertiary/aromatic N) is 5. The Hall–Kier alpha value is -1.79. The summed E-state index contributed by atoms with van der Waals surface area (Å²) >= 11 is 0. The minimum absolute atomic E-state index is 0.113. The maximum atomic E-state index is 4.45. The summed E-state index contributed by atoms with van der Waals surface area (Å²) in [5.74, 6) is 0.797. The smallest absolute Gasteiger partial charge is 0.196 e. The van der Waals surface area contributed by atoms with E-state index in [1.165, 1.54) is 16.8 Å². The minimum Gasteiger partial charge on any atom is -0.311 e. The molecule has 6 nitrogen and oxygen atoms in total. The first-order valence-electron chi connectivity index (χ1n) is 7.09. The summed E-state index contributed by atoms with van der Waals surface area (Å²) in [6, 6.07) is 11.8. The Kier molecular flexibility index (Phi) is 2.78. The van der Waals surface area contributed by atoms with Crippen molar-refractivity contribution in [2.45, 2.75) is 24.5 Å². The summed E-state index contributed by atoms with van der Waals surface area (Å²) in [5, 5.41) is 16.3. The predicted octanol–water partition coefficient (Wildman–Crippen LogP) is 0.346. The van der Waals surface area contributed by atoms with Crippen LogP contribution in [-0.2, 0) is 7.05 Å². The molecule has 3 heterocycles. The normalized spacial score (nSPS) is 27.1. The lowest BCUT2D eigenvalue weighted by Crippen LogP contribution is -2.45. The van der Waals surface area contributed by atoms with Crippen molar-refractivity contribution in [1.29, 1.82) is 0 Å². The highest BCUT2D eigenvalue weighted by atomic mass is 15.6. The molecule has 1 aromatic carbocycles. The molecule has 2 fully saturated rings. The third kappa shape index (κ3) is 1.92. The van der Waals surface area contributed by atoms with Gasteiger partial charge in [0.2, 0.25) is 0 Å². The molecule has 20 heavy (non-hydrogen) atoms. The van der Waals surface area contributed by atoms with E-state index in [2.05, 4.69) is 49.9 Å². The summed E-state index contributed by atoms with van der Waals surface area (Å²) in [4.78, 5) is 4.06. The lowest BCUT2D eigenvalue weighted by molar-refractivity contribution is 0.177. The van der Waals surface area contributed by atoms with Crippen LogP contribution in [0.3, 0.4) is 0 Å². The maximum Gasteiger partial charge on any atom is 0.196 e. The summed E-state index contributed by atoms with van der Waals surface area (Å²) in [5.41, 5.74) is 1.24. The number of piperazine rings is 1. The molecule has 4 rings (SSSR count). The van der Waals surface area contributed by atoms with E-state index in [4.69, 9.17) is 0 Å². The van der Waals surface area contributed by atoms with Crippen molar-refractivity contribution in [1.82, 2.24) is 30.4 Å². The topological polar surface area (TPSA) is 58.9 Å². The van der Waals surface area contributed by atoms with Gasteiger partial charge in [0, 0.05) is 25.2 Å². The average Bonchev–Trinajstić information content (AvgIpc) is 3.18. The fourth-order valence-electron chi connectivity index (χ4n) is 3.44. The average molecular weight is 270 g/mol. The Labute approximate surface area is 117 Å². The lowest BCUT2D eigenvalue weighted by Gasteiger charge is -2.33. The number of aryl methyl sites for hydroxylation is 1. The second-order valence-electron chi connectivity index (χ2n) is 5.64. The first-order chi connectivity index (χ1) is 9.81. The van der Waals surface area contributed by atoms with Crippen LogP contribution in [-0.4, -0.2) is 50.3 Å². The molecule has 2 aliphatic rings. The van der Waals surface area contributed by atoms with Gasteiger partial charge in [-0.15, -0.1) is 10.2 Å². The molecule has 2 bridgehead atoms. The first-order valence-corrected chi connectivity index (χ1v) is 7.09. The van der Waals surface area contributed by atoms with Crippen molar-refractivity contribution in [2.24, 2.45) is 7.05 Å². The molecular weight excluding hydrogens is 252 g/mol. The zero-order chi connectivity index (χ0) is 13.5. The molecule has 104 valence electrons. The van der Waals surface area contributed by atoms with E-state index in [1.807, 2.05) is 13.1 Å². The Bertz CT molecular complexity index is 595. The number of rotatable bonds is 3. The monoisotopic (exact) mass is 270 g/mol. The first kappa shape index (κ1) is 12.0. The quantitative estimate of drug-likeness (QED) is 0.872. The predicted molar refractivity (Wildman–Crippen MR) is 74.0 cm³/mol. The molecule has 6 heteroatoms. The van der Waals surface area contributed by atoms with Crippen LogP contribution in [0, 0.1) is 0 Å². The molecule has 2 aliphatic heterocycles. The molecule has 0 spiro atoms. The van der Waals surface area contributed by atoms with E-state index in [0.717, 1.165) is 18.9 Å². The number of aromatic nitrogens is 4. The number of nitrogens with one attached hydrogen (secondary N) is 1. The Balaban J connectivity index is 1.74. The largest absolute Gasteiger partial charge is 0.311 e. The highest BCUT2D eigenvalue weighted by Gasteiger charge is 2.43. The zero-order valence-corrected chi connectivity index (χ0v) is 11.5. The van der Waals surface area contributed by atoms with Crippen LogP contribution in [0.15, 0.2) is 30.3 Å². The number of likely N-dealkylation sites (tertiary alicyclic amines) is 1. The molecule has 2 aromatic rings. The second kappa shape index (κ2) is 4.64. The van der Waals surface area contributed by atoms with Gasteiger partial charge < -0.3 is 5.32 Å². The molecule has 1 unspecified atom stereocenters. The number of fused-ring (bicyclic) bond motifs is 2. The molecule has 0 amide bonds. The number of benzene rings is 1. The Morgan fingerprint density at radius 3 is 2.75 bits per heavy atom. The molecule has 1 aromatic heterocycles. The summed E-state index contributed by atoms with van der Waals surface area (Å²) in [6.07, 6.45) is 1.23. The standard InChI is InChI=1S/C14H18N6/c1-19-17-14(16-18-19)13(10-5-3-2-4-6-10)20-9-11-7-12(20)8-15-11/h2-6,11-13,15H,7-9H2,1H3/t11-,12-,13?/m1/s1. The van der Waals surface area contributed by atoms with Crippen molar-refractivity contribution in [3.63, 3.8) is 0 Å². The van der Waals surface area contributed by atoms with Crippen molar-refractivity contribution < 1.29 is 0 Å². The summed E-state index contributed by atoms with van der Waals surface area (Å²) in [7, 11) is 1.82. The number of hydrogen-bond acceptors (Lipinski definition) is 5. The highest BCUT2D eigenvalue weighted by molar-refractivity contribution is 5.25. The molecule has 0 aliphatic carbocycles. The second-order valence-corrected chi connectivity index (χ2v) is 5.64. The van der Waals surface area contributed by atoms with E-state index in [9.17, 15) is 0 Å². The van der Waals surface area contributed by atoms with Gasteiger partial charge in [0.05, 0.1) is 13.1 Å². The van der Waals surface area contributed by atoms with Crippen molar-refractivity contribution >= 4 is 0 Å². The number of hydrogen-bond donors (Lipinski definition) is 1. The summed E-state index contributed by atoms with van der Waals surface area (Å²) < 4.78 is 0. The van der Waals surface area contributed by atoms with E-state index in [0.29, 0.717) is 12.1 Å². The van der Waals surface area contributed by atoms with Gasteiger partial charge in [-0.25, -0.2) is 0 Å². The van der Waals surface area contributed by atoms with Gasteiger partial charge in [-0.1, -0.05) is 30.3 Å². The van der Waals surface area contributed by atoms with Gasteiger partial charge >= 0.3 is 0 Å². The van der Waals surface area contributed by atoms with Crippen molar-refractivity contribution in [3.8, 4) is 0 Å². The van der Waals surface area contributed by atoms with Crippen molar-refractivity contribution in [3.05, 3.63) is 41.7 Å². The van der Waals surface area contributed by atoms with E-state index in [-0.39, 0.29) is 6.04 Å². The minimum atomic E-state index is 0.113. The Morgan fingerprint density at radius 1 is 1.30 bits per heavy atom. The molecule has 1 N–H and O–H groups in total. The lowest BCUT2D eigenvalue weighted by atomic mass is 10.0. The maximum absolute atomic E-state index is 4.45. The zero-order valence-electron chi connectivity index (χ0n) is 11.5. The van der Waals surface area contributed by atoms with Gasteiger partial charge in [0.25, 0.3) is 0 Å². The van der Waals surface area contributed by atoms with Crippen LogP contribution in [0.5, 0.6) is 0 Å². The van der Waals surface area contributed by atoms with Crippen LogP contribution >= 0.6 is 0 Å². The van der Waals surface area contributed by atoms with Crippen LogP contribution in [0.1, 0.15) is 23.9 Å². The molecule has 0 radical (unpaired) electrons. The van der Waals surface area contributed by atoms with E-state index < -0.39 is 0 Å². The van der Waals surface area contributed by atoms with Crippen LogP contribution in [0.4, 0.5) is 0 Å². The van der Waals surface area contributed by atoms with Crippen LogP contribution in [0.25, 0.3) is 0 Å². The van der Waals surface area contributed by atoms with Gasteiger partial charge in [0.1, 0.15) is 0 Å². The van der Waals surface area contributed by atoms with Crippen molar-refractivity contribution in [2.75, 3.05) is 13.1 Å². The molecular formula is C14H18N6. The molecule has 3 atom stereocenters. The SMILES string of the molecule is Cn1nnc(C(c2ccccc2)N2C[C@H]3C[C@@H]2CN3)n1. The summed E-state index contributed by atoms with van der Waals surface area (Å²) in [6.45, 7) is 2.12. The van der Waals surface area contributed by atoms with E-state index >= 15 is 0 Å². The fourth-order valence-corrected chi connectivity index (χ4v) is 3.44. The number of tetrazole rings is 1. The molecule has 2 saturated heterocycles. The fraction of sp³-hybridized carbons (Fsp3) is 0.500. The van der Waals surface area contributed by atoms with Crippen LogP contribution in [0.2, 0.25) is 0 Å². The van der Waals surface area contributed by atoms with Gasteiger partial charge in [-0.3, -0.25) is 4.90 Å². The Morgan fingerprint density at radius 2 is 2.15 bits per heavy atom. The third-order valence-corrected chi connectivity index (χ3v) is 4.31. The highest BCUT2D eigenvalue weighted by Crippen LogP contribution is 2.35. The van der Waals surface area contributed by atoms with Gasteiger partial charge in [-0.05, 0) is 17.2 Å². The van der Waals surface area contributed by atoms with E-state index in [1.54, 1.807) is 0 Å². The third-order valence-electron chi connectivity index (χ3n) is 4.31.